The van der Waals surface area contributed by atoms with Gasteiger partial charge in [-0.3, -0.25) is 4.79 Å². The highest BCUT2D eigenvalue weighted by atomic mass is 16.4. The number of amides is 1. The molecule has 1 aromatic rings. The van der Waals surface area contributed by atoms with Crippen molar-refractivity contribution in [2.45, 2.75) is 32.2 Å². The predicted molar refractivity (Wildman–Crippen MR) is 73.9 cm³/mol. The van der Waals surface area contributed by atoms with Crippen LogP contribution in [0.1, 0.15) is 24.0 Å². The number of carbonyl (C=O) groups excluding carboxylic acids is 1. The standard InChI is InChI=1S/C15H19NO3/c1-3-4-13(15(18)19)16-14(17)10-9-12-7-5-11(2)6-8-12/h3,5-8,13H,1,4,9-10H2,2H3,(H,16,17)(H,18,19). The van der Waals surface area contributed by atoms with Gasteiger partial charge < -0.3 is 10.4 Å². The Kier molecular flexibility index (Phi) is 5.79. The first-order valence-corrected chi connectivity index (χ1v) is 6.21. The van der Waals surface area contributed by atoms with E-state index in [0.717, 1.165) is 5.56 Å². The second kappa shape index (κ2) is 7.36. The Morgan fingerprint density at radius 1 is 1.37 bits per heavy atom. The van der Waals surface area contributed by atoms with E-state index in [1.807, 2.05) is 31.2 Å². The summed E-state index contributed by atoms with van der Waals surface area (Å²) in [5, 5.41) is 11.4. The summed E-state index contributed by atoms with van der Waals surface area (Å²) in [5.74, 6) is -1.29. The molecule has 0 radical (unpaired) electrons. The molecule has 0 aliphatic rings. The molecule has 4 nitrogen and oxygen atoms in total. The summed E-state index contributed by atoms with van der Waals surface area (Å²) in [4.78, 5) is 22.5. The topological polar surface area (TPSA) is 66.4 Å². The van der Waals surface area contributed by atoms with Crippen molar-refractivity contribution >= 4 is 11.9 Å². The van der Waals surface area contributed by atoms with Crippen LogP contribution < -0.4 is 5.32 Å². The number of rotatable bonds is 7. The van der Waals surface area contributed by atoms with Crippen LogP contribution in [0.3, 0.4) is 0 Å². The van der Waals surface area contributed by atoms with E-state index >= 15 is 0 Å². The maximum Gasteiger partial charge on any atom is 0.326 e. The van der Waals surface area contributed by atoms with Gasteiger partial charge in [0, 0.05) is 6.42 Å². The van der Waals surface area contributed by atoms with Crippen LogP contribution in [-0.2, 0) is 16.0 Å². The van der Waals surface area contributed by atoms with Crippen molar-refractivity contribution in [2.75, 3.05) is 0 Å². The lowest BCUT2D eigenvalue weighted by Gasteiger charge is -2.12. The zero-order valence-electron chi connectivity index (χ0n) is 11.1. The van der Waals surface area contributed by atoms with Crippen molar-refractivity contribution in [2.24, 2.45) is 0 Å². The van der Waals surface area contributed by atoms with Gasteiger partial charge >= 0.3 is 5.97 Å². The third kappa shape index (κ3) is 5.38. The van der Waals surface area contributed by atoms with Gasteiger partial charge in [0.15, 0.2) is 0 Å². The van der Waals surface area contributed by atoms with Crippen LogP contribution in [0.5, 0.6) is 0 Å². The highest BCUT2D eigenvalue weighted by Gasteiger charge is 2.17. The monoisotopic (exact) mass is 261 g/mol. The Hall–Kier alpha value is -2.10. The number of carboxylic acids is 1. The van der Waals surface area contributed by atoms with E-state index in [0.29, 0.717) is 6.42 Å². The van der Waals surface area contributed by atoms with Crippen LogP contribution in [0.2, 0.25) is 0 Å². The SMILES string of the molecule is C=CCC(NC(=O)CCc1ccc(C)cc1)C(=O)O. The molecule has 0 aromatic heterocycles. The van der Waals surface area contributed by atoms with Gasteiger partial charge in [-0.25, -0.2) is 4.79 Å². The molecule has 0 aliphatic heterocycles. The fourth-order valence-electron chi connectivity index (χ4n) is 1.67. The molecular formula is C15H19NO3. The van der Waals surface area contributed by atoms with Gasteiger partial charge in [0.05, 0.1) is 0 Å². The predicted octanol–water partition coefficient (Wildman–Crippen LogP) is 2.07. The first-order chi connectivity index (χ1) is 9.02. The molecule has 4 heteroatoms. The Morgan fingerprint density at radius 2 is 2.00 bits per heavy atom. The highest BCUT2D eigenvalue weighted by Crippen LogP contribution is 2.06. The zero-order chi connectivity index (χ0) is 14.3. The molecule has 0 heterocycles. The van der Waals surface area contributed by atoms with Gasteiger partial charge in [0.25, 0.3) is 0 Å². The summed E-state index contributed by atoms with van der Waals surface area (Å²) in [6.07, 6.45) is 2.60. The van der Waals surface area contributed by atoms with Gasteiger partial charge in [0.2, 0.25) is 5.91 Å². The van der Waals surface area contributed by atoms with Gasteiger partial charge in [0.1, 0.15) is 6.04 Å². The van der Waals surface area contributed by atoms with E-state index < -0.39 is 12.0 Å². The van der Waals surface area contributed by atoms with Gasteiger partial charge in [-0.1, -0.05) is 35.9 Å². The smallest absolute Gasteiger partial charge is 0.326 e. The molecule has 0 saturated carbocycles. The van der Waals surface area contributed by atoms with E-state index in [1.54, 1.807) is 0 Å². The minimum atomic E-state index is -1.04. The second-order valence-corrected chi connectivity index (χ2v) is 4.47. The lowest BCUT2D eigenvalue weighted by atomic mass is 10.1. The first kappa shape index (κ1) is 15.0. The highest BCUT2D eigenvalue weighted by molar-refractivity contribution is 5.83. The van der Waals surface area contributed by atoms with Gasteiger partial charge in [-0.05, 0) is 25.3 Å². The summed E-state index contributed by atoms with van der Waals surface area (Å²) in [5.41, 5.74) is 2.24. The quantitative estimate of drug-likeness (QED) is 0.738. The van der Waals surface area contributed by atoms with Gasteiger partial charge in [-0.15, -0.1) is 6.58 Å². The molecule has 0 aliphatic carbocycles. The number of carboxylic acid groups (broad SMARTS) is 1. The average molecular weight is 261 g/mol. The number of carbonyl (C=O) groups is 2. The molecule has 0 fully saturated rings. The van der Waals surface area contributed by atoms with E-state index in [1.165, 1.54) is 11.6 Å². The van der Waals surface area contributed by atoms with Crippen molar-refractivity contribution in [1.29, 1.82) is 0 Å². The largest absolute Gasteiger partial charge is 0.480 e. The minimum absolute atomic E-state index is 0.228. The van der Waals surface area contributed by atoms with Crippen molar-refractivity contribution < 1.29 is 14.7 Å². The zero-order valence-corrected chi connectivity index (χ0v) is 11.1. The van der Waals surface area contributed by atoms with E-state index in [2.05, 4.69) is 11.9 Å². The van der Waals surface area contributed by atoms with Crippen molar-refractivity contribution in [3.05, 3.63) is 48.0 Å². The van der Waals surface area contributed by atoms with Crippen molar-refractivity contribution in [3.63, 3.8) is 0 Å². The number of benzene rings is 1. The van der Waals surface area contributed by atoms with Crippen LogP contribution in [-0.4, -0.2) is 23.0 Å². The Bertz CT molecular complexity index is 451. The maximum absolute atomic E-state index is 11.7. The molecule has 0 saturated heterocycles. The Labute approximate surface area is 113 Å². The summed E-state index contributed by atoms with van der Waals surface area (Å²) >= 11 is 0. The van der Waals surface area contributed by atoms with E-state index in [4.69, 9.17) is 5.11 Å². The maximum atomic E-state index is 11.7. The third-order valence-corrected chi connectivity index (χ3v) is 2.80. The molecule has 1 aromatic carbocycles. The molecular weight excluding hydrogens is 242 g/mol. The number of aryl methyl sites for hydroxylation is 2. The second-order valence-electron chi connectivity index (χ2n) is 4.47. The third-order valence-electron chi connectivity index (χ3n) is 2.80. The van der Waals surface area contributed by atoms with Crippen LogP contribution in [0.4, 0.5) is 0 Å². The molecule has 0 spiro atoms. The fourth-order valence-corrected chi connectivity index (χ4v) is 1.67. The number of hydrogen-bond acceptors (Lipinski definition) is 2. The molecule has 1 atom stereocenters. The lowest BCUT2D eigenvalue weighted by molar-refractivity contribution is -0.141. The normalized spacial score (nSPS) is 11.6. The summed E-state index contributed by atoms with van der Waals surface area (Å²) < 4.78 is 0. The van der Waals surface area contributed by atoms with Crippen LogP contribution >= 0.6 is 0 Å². The fraction of sp³-hybridized carbons (Fsp3) is 0.333. The molecule has 19 heavy (non-hydrogen) atoms. The van der Waals surface area contributed by atoms with E-state index in [9.17, 15) is 9.59 Å². The van der Waals surface area contributed by atoms with Crippen molar-refractivity contribution in [3.8, 4) is 0 Å². The number of nitrogens with one attached hydrogen (secondary N) is 1. The molecule has 102 valence electrons. The first-order valence-electron chi connectivity index (χ1n) is 6.21. The number of aliphatic carboxylic acids is 1. The van der Waals surface area contributed by atoms with Crippen molar-refractivity contribution in [1.82, 2.24) is 5.32 Å². The molecule has 1 unspecified atom stereocenters. The Balaban J connectivity index is 2.44. The minimum Gasteiger partial charge on any atom is -0.480 e. The Morgan fingerprint density at radius 3 is 2.53 bits per heavy atom. The summed E-state index contributed by atoms with van der Waals surface area (Å²) in [6.45, 7) is 5.48. The molecule has 1 rings (SSSR count). The molecule has 2 N–H and O–H groups in total. The van der Waals surface area contributed by atoms with Crippen LogP contribution in [0.25, 0.3) is 0 Å². The average Bonchev–Trinajstić information content (AvgIpc) is 2.37. The summed E-state index contributed by atoms with van der Waals surface area (Å²) in [7, 11) is 0. The summed E-state index contributed by atoms with van der Waals surface area (Å²) in [6, 6.07) is 7.04. The van der Waals surface area contributed by atoms with Crippen LogP contribution in [0, 0.1) is 6.92 Å². The number of hydrogen-bond donors (Lipinski definition) is 2. The molecule has 1 amide bonds. The van der Waals surface area contributed by atoms with Gasteiger partial charge in [-0.2, -0.15) is 0 Å². The lowest BCUT2D eigenvalue weighted by Crippen LogP contribution is -2.40. The molecule has 0 bridgehead atoms. The van der Waals surface area contributed by atoms with Crippen LogP contribution in [0.15, 0.2) is 36.9 Å². The van der Waals surface area contributed by atoms with E-state index in [-0.39, 0.29) is 18.7 Å².